The molecule has 0 aliphatic heterocycles. The van der Waals surface area contributed by atoms with Crippen molar-refractivity contribution in [1.29, 1.82) is 0 Å². The van der Waals surface area contributed by atoms with Crippen LogP contribution in [-0.4, -0.2) is 18.7 Å². The lowest BCUT2D eigenvalue weighted by Gasteiger charge is -2.03. The van der Waals surface area contributed by atoms with E-state index in [0.717, 1.165) is 5.56 Å². The van der Waals surface area contributed by atoms with Crippen molar-refractivity contribution in [1.82, 2.24) is 0 Å². The zero-order valence-electron chi connectivity index (χ0n) is 11.2. The number of thiocarbonyl (C=S) groups is 1. The highest BCUT2D eigenvalue weighted by Crippen LogP contribution is 2.54. The van der Waals surface area contributed by atoms with Gasteiger partial charge in [-0.2, -0.15) is 0 Å². The third kappa shape index (κ3) is 2.47. The van der Waals surface area contributed by atoms with Crippen molar-refractivity contribution in [2.24, 2.45) is 11.7 Å². The van der Waals surface area contributed by atoms with Gasteiger partial charge in [0.2, 0.25) is 0 Å². The molecule has 0 saturated heterocycles. The fraction of sp³-hybridized carbons (Fsp3) is 0.188. The summed E-state index contributed by atoms with van der Waals surface area (Å²) in [6.07, 6.45) is 0. The summed E-state index contributed by atoms with van der Waals surface area (Å²) in [6.45, 7) is 0. The van der Waals surface area contributed by atoms with Gasteiger partial charge in [-0.05, 0) is 17.7 Å². The van der Waals surface area contributed by atoms with Crippen LogP contribution in [0.1, 0.15) is 11.5 Å². The Morgan fingerprint density at radius 2 is 1.48 bits per heavy atom. The number of hydrogen-bond acceptors (Lipinski definition) is 3. The van der Waals surface area contributed by atoms with Crippen LogP contribution in [0.15, 0.2) is 65.6 Å². The van der Waals surface area contributed by atoms with Crippen molar-refractivity contribution >= 4 is 27.0 Å². The number of sulfone groups is 1. The van der Waals surface area contributed by atoms with E-state index in [1.165, 1.54) is 0 Å². The highest BCUT2D eigenvalue weighted by Gasteiger charge is 2.60. The number of benzene rings is 2. The molecule has 1 saturated carbocycles. The second-order valence-corrected chi connectivity index (χ2v) is 7.76. The highest BCUT2D eigenvalue weighted by molar-refractivity contribution is 7.92. The van der Waals surface area contributed by atoms with Crippen molar-refractivity contribution in [3.8, 4) is 0 Å². The maximum atomic E-state index is 12.8. The van der Waals surface area contributed by atoms with E-state index in [1.807, 2.05) is 30.3 Å². The smallest absolute Gasteiger partial charge is 0.182 e. The molecule has 0 aromatic heterocycles. The van der Waals surface area contributed by atoms with E-state index < -0.39 is 15.1 Å². The Kier molecular flexibility index (Phi) is 3.55. The summed E-state index contributed by atoms with van der Waals surface area (Å²) in [5, 5.41) is -0.556. The van der Waals surface area contributed by atoms with Gasteiger partial charge in [-0.3, -0.25) is 0 Å². The molecule has 2 aromatic carbocycles. The van der Waals surface area contributed by atoms with E-state index in [-0.39, 0.29) is 16.8 Å². The van der Waals surface area contributed by atoms with Crippen LogP contribution < -0.4 is 5.73 Å². The molecule has 1 aliphatic rings. The fourth-order valence-electron chi connectivity index (χ4n) is 2.85. The van der Waals surface area contributed by atoms with Gasteiger partial charge < -0.3 is 5.73 Å². The third-order valence-electron chi connectivity index (χ3n) is 3.90. The minimum Gasteiger partial charge on any atom is -0.393 e. The predicted octanol–water partition coefficient (Wildman–Crippen LogP) is 2.53. The van der Waals surface area contributed by atoms with Crippen molar-refractivity contribution in [2.45, 2.75) is 16.1 Å². The van der Waals surface area contributed by atoms with Crippen molar-refractivity contribution in [3.05, 3.63) is 66.2 Å². The Bertz CT molecular complexity index is 757. The van der Waals surface area contributed by atoms with Gasteiger partial charge >= 0.3 is 0 Å². The molecule has 3 atom stereocenters. The van der Waals surface area contributed by atoms with Crippen LogP contribution in [0.5, 0.6) is 0 Å². The molecular weight excluding hydrogens is 302 g/mol. The molecule has 0 heterocycles. The molecule has 1 fully saturated rings. The van der Waals surface area contributed by atoms with Gasteiger partial charge in [0.05, 0.1) is 15.1 Å². The summed E-state index contributed by atoms with van der Waals surface area (Å²) in [5.41, 5.74) is 6.73. The lowest BCUT2D eigenvalue weighted by molar-refractivity contribution is 0.593. The summed E-state index contributed by atoms with van der Waals surface area (Å²) in [5.74, 6) is -0.429. The Hall–Kier alpha value is -1.72. The van der Waals surface area contributed by atoms with Gasteiger partial charge in [0.25, 0.3) is 0 Å². The SMILES string of the molecule is NC(=S)[C@H]1[C@H](c2ccccc2)[C@@H]1S(=O)(=O)c1ccccc1. The molecule has 0 bridgehead atoms. The Morgan fingerprint density at radius 3 is 2.00 bits per heavy atom. The maximum Gasteiger partial charge on any atom is 0.182 e. The van der Waals surface area contributed by atoms with Gasteiger partial charge in [0, 0.05) is 11.8 Å². The van der Waals surface area contributed by atoms with Gasteiger partial charge in [-0.15, -0.1) is 0 Å². The molecule has 0 spiro atoms. The minimum atomic E-state index is -3.42. The van der Waals surface area contributed by atoms with Crippen LogP contribution in [0.25, 0.3) is 0 Å². The van der Waals surface area contributed by atoms with Crippen LogP contribution in [-0.2, 0) is 9.84 Å². The average molecular weight is 317 g/mol. The van der Waals surface area contributed by atoms with E-state index >= 15 is 0 Å². The predicted molar refractivity (Wildman–Crippen MR) is 86.9 cm³/mol. The van der Waals surface area contributed by atoms with E-state index in [1.54, 1.807) is 30.3 Å². The van der Waals surface area contributed by atoms with Crippen molar-refractivity contribution in [2.75, 3.05) is 0 Å². The van der Waals surface area contributed by atoms with E-state index in [9.17, 15) is 8.42 Å². The monoisotopic (exact) mass is 317 g/mol. The lowest BCUT2D eigenvalue weighted by atomic mass is 10.1. The molecule has 2 N–H and O–H groups in total. The molecule has 108 valence electrons. The van der Waals surface area contributed by atoms with E-state index in [4.69, 9.17) is 18.0 Å². The number of nitrogens with two attached hydrogens (primary N) is 1. The molecule has 0 radical (unpaired) electrons. The maximum absolute atomic E-state index is 12.8. The minimum absolute atomic E-state index is 0.145. The van der Waals surface area contributed by atoms with Crippen LogP contribution in [0, 0.1) is 5.92 Å². The van der Waals surface area contributed by atoms with E-state index in [0.29, 0.717) is 4.90 Å². The van der Waals surface area contributed by atoms with Gasteiger partial charge in [0.1, 0.15) is 0 Å². The molecule has 3 rings (SSSR count). The summed E-state index contributed by atoms with van der Waals surface area (Å²) < 4.78 is 25.6. The highest BCUT2D eigenvalue weighted by atomic mass is 32.2. The third-order valence-corrected chi connectivity index (χ3v) is 6.40. The molecule has 3 nitrogen and oxygen atoms in total. The summed E-state index contributed by atoms with van der Waals surface area (Å²) >= 11 is 5.07. The number of rotatable bonds is 4. The van der Waals surface area contributed by atoms with Gasteiger partial charge in [-0.1, -0.05) is 60.7 Å². The molecule has 0 unspecified atom stereocenters. The van der Waals surface area contributed by atoms with Gasteiger partial charge in [0.15, 0.2) is 9.84 Å². The molecule has 0 amide bonds. The van der Waals surface area contributed by atoms with Crippen LogP contribution in [0.2, 0.25) is 0 Å². The summed E-state index contributed by atoms with van der Waals surface area (Å²) in [4.78, 5) is 0.600. The Labute approximate surface area is 129 Å². The number of hydrogen-bond donors (Lipinski definition) is 1. The standard InChI is InChI=1S/C16H15NO2S2/c17-16(20)14-13(11-7-3-1-4-8-11)15(14)21(18,19)12-9-5-2-6-10-12/h1-10,13-15H,(H2,17,20)/t13-,14-,15-/m0/s1. The second kappa shape index (κ2) is 5.24. The zero-order valence-corrected chi connectivity index (χ0v) is 12.8. The average Bonchev–Trinajstić information content (AvgIpc) is 3.26. The van der Waals surface area contributed by atoms with Crippen LogP contribution in [0.3, 0.4) is 0 Å². The molecule has 5 heteroatoms. The first kappa shape index (κ1) is 14.2. The summed E-state index contributed by atoms with van der Waals surface area (Å²) in [7, 11) is -3.42. The van der Waals surface area contributed by atoms with Gasteiger partial charge in [-0.25, -0.2) is 8.42 Å². The normalized spacial score (nSPS) is 24.5. The molecule has 1 aliphatic carbocycles. The quantitative estimate of drug-likeness (QED) is 0.880. The summed E-state index contributed by atoms with van der Waals surface area (Å²) in [6, 6.07) is 18.0. The Balaban J connectivity index is 2.00. The first-order valence-corrected chi connectivity index (χ1v) is 8.62. The van der Waals surface area contributed by atoms with Crippen molar-refractivity contribution in [3.63, 3.8) is 0 Å². The largest absolute Gasteiger partial charge is 0.393 e. The van der Waals surface area contributed by atoms with Crippen LogP contribution >= 0.6 is 12.2 Å². The topological polar surface area (TPSA) is 60.2 Å². The molecule has 2 aromatic rings. The second-order valence-electron chi connectivity index (χ2n) is 5.19. The van der Waals surface area contributed by atoms with E-state index in [2.05, 4.69) is 0 Å². The molecule has 21 heavy (non-hydrogen) atoms. The zero-order chi connectivity index (χ0) is 15.0. The first-order chi connectivity index (χ1) is 10.0. The fourth-order valence-corrected chi connectivity index (χ4v) is 5.40. The van der Waals surface area contributed by atoms with Crippen molar-refractivity contribution < 1.29 is 8.42 Å². The van der Waals surface area contributed by atoms with Crippen LogP contribution in [0.4, 0.5) is 0 Å². The molecular formula is C16H15NO2S2. The first-order valence-electron chi connectivity index (χ1n) is 6.66. The Morgan fingerprint density at radius 1 is 0.952 bits per heavy atom. The lowest BCUT2D eigenvalue weighted by Crippen LogP contribution is -2.17.